The molecule has 0 fully saturated rings. The van der Waals surface area contributed by atoms with Gasteiger partial charge in [-0.25, -0.2) is 9.78 Å². The van der Waals surface area contributed by atoms with Gasteiger partial charge in [-0.2, -0.15) is 0 Å². The Labute approximate surface area is 90.4 Å². The zero-order valence-corrected chi connectivity index (χ0v) is 8.14. The predicted molar refractivity (Wildman–Crippen MR) is 57.1 cm³/mol. The van der Waals surface area contributed by atoms with Crippen molar-refractivity contribution in [3.05, 3.63) is 30.0 Å². The molecule has 1 heterocycles. The van der Waals surface area contributed by atoms with Gasteiger partial charge in [0.05, 0.1) is 0 Å². The number of H-pyrrole nitrogens is 1. The minimum absolute atomic E-state index is 0.0238. The molecule has 0 aliphatic rings. The highest BCUT2D eigenvalue weighted by atomic mass is 16.4. The van der Waals surface area contributed by atoms with Crippen LogP contribution in [0, 0.1) is 0 Å². The first-order chi connectivity index (χ1) is 7.58. The molecule has 0 bridgehead atoms. The number of aromatic carboxylic acids is 1. The van der Waals surface area contributed by atoms with Crippen molar-refractivity contribution in [3.8, 4) is 17.0 Å². The maximum absolute atomic E-state index is 10.9. The van der Waals surface area contributed by atoms with E-state index in [-0.39, 0.29) is 23.1 Å². The van der Waals surface area contributed by atoms with Gasteiger partial charge in [0.25, 0.3) is 0 Å². The van der Waals surface area contributed by atoms with E-state index < -0.39 is 5.97 Å². The van der Waals surface area contributed by atoms with Crippen LogP contribution in [-0.2, 0) is 0 Å². The summed E-state index contributed by atoms with van der Waals surface area (Å²) in [6.45, 7) is 0. The van der Waals surface area contributed by atoms with Crippen molar-refractivity contribution in [2.24, 2.45) is 0 Å². The number of aromatic amines is 1. The van der Waals surface area contributed by atoms with Gasteiger partial charge in [0.15, 0.2) is 11.6 Å². The lowest BCUT2D eigenvalue weighted by atomic mass is 10.1. The van der Waals surface area contributed by atoms with Gasteiger partial charge in [0, 0.05) is 5.56 Å². The highest BCUT2D eigenvalue weighted by Gasteiger charge is 2.16. The molecule has 1 aromatic heterocycles. The van der Waals surface area contributed by atoms with Gasteiger partial charge in [-0.3, -0.25) is 0 Å². The molecule has 0 radical (unpaired) electrons. The molecule has 0 aliphatic heterocycles. The number of carbonyl (C=O) groups is 1. The number of nitrogens with one attached hydrogen (secondary N) is 1. The quantitative estimate of drug-likeness (QED) is 0.603. The fraction of sp³-hybridized carbons (Fsp3) is 0. The van der Waals surface area contributed by atoms with Gasteiger partial charge in [-0.1, -0.05) is 12.1 Å². The Bertz CT molecular complexity index is 548. The van der Waals surface area contributed by atoms with Crippen LogP contribution >= 0.6 is 0 Å². The normalized spacial score (nSPS) is 10.2. The number of carboxylic acids is 1. The number of benzene rings is 1. The highest BCUT2D eigenvalue weighted by Crippen LogP contribution is 2.25. The number of hydrogen-bond donors (Lipinski definition) is 4. The summed E-state index contributed by atoms with van der Waals surface area (Å²) < 4.78 is 0. The van der Waals surface area contributed by atoms with Crippen molar-refractivity contribution in [1.82, 2.24) is 9.97 Å². The smallest absolute Gasteiger partial charge is 0.354 e. The summed E-state index contributed by atoms with van der Waals surface area (Å²) in [4.78, 5) is 17.2. The summed E-state index contributed by atoms with van der Waals surface area (Å²) in [6.07, 6.45) is 0. The molecule has 0 unspecified atom stereocenters. The summed E-state index contributed by atoms with van der Waals surface area (Å²) in [5.74, 6) is -1.09. The predicted octanol–water partition coefficient (Wildman–Crippen LogP) is 1.06. The molecule has 0 spiro atoms. The summed E-state index contributed by atoms with van der Waals surface area (Å²) in [5, 5.41) is 18.2. The van der Waals surface area contributed by atoms with E-state index in [1.165, 1.54) is 12.1 Å². The van der Waals surface area contributed by atoms with Crippen molar-refractivity contribution in [2.75, 3.05) is 5.73 Å². The third-order valence-corrected chi connectivity index (χ3v) is 2.06. The second-order valence-corrected chi connectivity index (χ2v) is 3.20. The number of aromatic nitrogens is 2. The van der Waals surface area contributed by atoms with Gasteiger partial charge in [-0.05, 0) is 12.1 Å². The maximum atomic E-state index is 10.9. The van der Waals surface area contributed by atoms with Gasteiger partial charge in [0.2, 0.25) is 0 Å². The van der Waals surface area contributed by atoms with Crippen LogP contribution < -0.4 is 5.73 Å². The van der Waals surface area contributed by atoms with Crippen LogP contribution in [0.2, 0.25) is 0 Å². The molecule has 2 aromatic rings. The molecule has 6 heteroatoms. The number of aromatic hydroxyl groups is 1. The number of nitrogens with two attached hydrogens (primary N) is 1. The molecule has 2 rings (SSSR count). The number of phenols is 1. The van der Waals surface area contributed by atoms with Crippen LogP contribution in [0.25, 0.3) is 11.3 Å². The number of nitrogens with zero attached hydrogens (tertiary/aromatic N) is 1. The van der Waals surface area contributed by atoms with Crippen LogP contribution in [0.1, 0.15) is 10.5 Å². The van der Waals surface area contributed by atoms with E-state index in [1.54, 1.807) is 12.1 Å². The van der Waals surface area contributed by atoms with Crippen LogP contribution in [-0.4, -0.2) is 26.2 Å². The Balaban J connectivity index is 2.59. The second-order valence-electron chi connectivity index (χ2n) is 3.20. The zero-order chi connectivity index (χ0) is 11.7. The fourth-order valence-electron chi connectivity index (χ4n) is 1.41. The number of hydrogen-bond acceptors (Lipinski definition) is 4. The largest absolute Gasteiger partial charge is 0.508 e. The highest BCUT2D eigenvalue weighted by molar-refractivity contribution is 5.93. The SMILES string of the molecule is Nc1nc(-c2cccc(O)c2)c(C(=O)O)[nH]1. The zero-order valence-electron chi connectivity index (χ0n) is 8.14. The van der Waals surface area contributed by atoms with Gasteiger partial charge in [0.1, 0.15) is 11.4 Å². The molecule has 6 nitrogen and oxygen atoms in total. The van der Waals surface area contributed by atoms with E-state index in [0.717, 1.165) is 0 Å². The molecular weight excluding hydrogens is 210 g/mol. The third-order valence-electron chi connectivity index (χ3n) is 2.06. The first-order valence-corrected chi connectivity index (χ1v) is 4.46. The second kappa shape index (κ2) is 3.58. The van der Waals surface area contributed by atoms with Crippen molar-refractivity contribution < 1.29 is 15.0 Å². The van der Waals surface area contributed by atoms with E-state index >= 15 is 0 Å². The van der Waals surface area contributed by atoms with Crippen LogP contribution in [0.4, 0.5) is 5.95 Å². The van der Waals surface area contributed by atoms with Crippen LogP contribution in [0.5, 0.6) is 5.75 Å². The molecule has 0 aliphatic carbocycles. The Hall–Kier alpha value is -2.50. The molecule has 82 valence electrons. The summed E-state index contributed by atoms with van der Waals surface area (Å²) >= 11 is 0. The standard InChI is InChI=1S/C10H9N3O3/c11-10-12-7(8(13-10)9(15)16)5-2-1-3-6(14)4-5/h1-4,14H,(H,15,16)(H3,11,12,13). The Morgan fingerprint density at radius 2 is 2.19 bits per heavy atom. The number of imidazole rings is 1. The lowest BCUT2D eigenvalue weighted by Crippen LogP contribution is -1.99. The lowest BCUT2D eigenvalue weighted by Gasteiger charge is -1.99. The van der Waals surface area contributed by atoms with E-state index in [0.29, 0.717) is 5.56 Å². The van der Waals surface area contributed by atoms with Gasteiger partial charge >= 0.3 is 5.97 Å². The summed E-state index contributed by atoms with van der Waals surface area (Å²) in [6, 6.07) is 6.14. The van der Waals surface area contributed by atoms with Gasteiger partial charge in [-0.15, -0.1) is 0 Å². The maximum Gasteiger partial charge on any atom is 0.354 e. The van der Waals surface area contributed by atoms with Crippen molar-refractivity contribution in [2.45, 2.75) is 0 Å². The van der Waals surface area contributed by atoms with Crippen LogP contribution in [0.3, 0.4) is 0 Å². The molecule has 0 atom stereocenters. The molecule has 1 aromatic carbocycles. The number of anilines is 1. The van der Waals surface area contributed by atoms with Crippen molar-refractivity contribution in [1.29, 1.82) is 0 Å². The lowest BCUT2D eigenvalue weighted by molar-refractivity contribution is 0.0692. The Morgan fingerprint density at radius 1 is 1.44 bits per heavy atom. The third kappa shape index (κ3) is 1.68. The Morgan fingerprint density at radius 3 is 2.81 bits per heavy atom. The average molecular weight is 219 g/mol. The average Bonchev–Trinajstić information content (AvgIpc) is 2.60. The minimum atomic E-state index is -1.15. The molecular formula is C10H9N3O3. The van der Waals surface area contributed by atoms with E-state index in [2.05, 4.69) is 9.97 Å². The van der Waals surface area contributed by atoms with E-state index in [9.17, 15) is 9.90 Å². The number of nitrogen functional groups attached to an aromatic ring is 1. The molecule has 5 N–H and O–H groups in total. The first kappa shape index (κ1) is 10.0. The molecule has 16 heavy (non-hydrogen) atoms. The monoisotopic (exact) mass is 219 g/mol. The van der Waals surface area contributed by atoms with Crippen LogP contribution in [0.15, 0.2) is 24.3 Å². The summed E-state index contributed by atoms with van der Waals surface area (Å²) in [5.41, 5.74) is 6.01. The van der Waals surface area contributed by atoms with Crippen molar-refractivity contribution >= 4 is 11.9 Å². The van der Waals surface area contributed by atoms with Gasteiger partial charge < -0.3 is 20.9 Å². The number of rotatable bonds is 2. The first-order valence-electron chi connectivity index (χ1n) is 4.46. The van der Waals surface area contributed by atoms with E-state index in [4.69, 9.17) is 10.8 Å². The summed E-state index contributed by atoms with van der Waals surface area (Å²) in [7, 11) is 0. The Kier molecular flexibility index (Phi) is 2.24. The topological polar surface area (TPSA) is 112 Å². The number of phenolic OH excluding ortho intramolecular Hbond substituents is 1. The molecule has 0 amide bonds. The van der Waals surface area contributed by atoms with E-state index in [1.807, 2.05) is 0 Å². The molecule has 0 saturated carbocycles. The number of carboxylic acid groups (broad SMARTS) is 1. The fourth-order valence-corrected chi connectivity index (χ4v) is 1.41. The minimum Gasteiger partial charge on any atom is -0.508 e. The van der Waals surface area contributed by atoms with Crippen molar-refractivity contribution in [3.63, 3.8) is 0 Å². The molecule has 0 saturated heterocycles.